The lowest BCUT2D eigenvalue weighted by Gasteiger charge is -2.30. The van der Waals surface area contributed by atoms with Gasteiger partial charge in [0.1, 0.15) is 5.75 Å². The molecule has 16 heavy (non-hydrogen) atoms. The van der Waals surface area contributed by atoms with Crippen molar-refractivity contribution in [2.24, 2.45) is 0 Å². The molecule has 0 aliphatic carbocycles. The summed E-state index contributed by atoms with van der Waals surface area (Å²) in [5.41, 5.74) is 0. The summed E-state index contributed by atoms with van der Waals surface area (Å²) in [4.78, 5) is 11.5. The second-order valence-electron chi connectivity index (χ2n) is 4.24. The average molecular weight is 248 g/mol. The highest BCUT2D eigenvalue weighted by molar-refractivity contribution is 7.92. The van der Waals surface area contributed by atoms with E-state index < -0.39 is 15.6 Å². The molecule has 1 aliphatic rings. The van der Waals surface area contributed by atoms with Crippen molar-refractivity contribution in [3.8, 4) is 0 Å². The molecule has 0 spiro atoms. The van der Waals surface area contributed by atoms with E-state index >= 15 is 0 Å². The molecule has 1 rings (SSSR count). The molecule has 0 bridgehead atoms. The summed E-state index contributed by atoms with van der Waals surface area (Å²) in [6, 6.07) is 0.260. The van der Waals surface area contributed by atoms with Crippen molar-refractivity contribution in [1.29, 1.82) is 0 Å². The van der Waals surface area contributed by atoms with Gasteiger partial charge in [0.2, 0.25) is 5.91 Å². The Morgan fingerprint density at radius 3 is 2.75 bits per heavy atom. The Morgan fingerprint density at radius 2 is 2.19 bits per heavy atom. The van der Waals surface area contributed by atoms with Crippen molar-refractivity contribution < 1.29 is 13.2 Å². The van der Waals surface area contributed by atoms with Crippen LogP contribution in [-0.2, 0) is 14.6 Å². The lowest BCUT2D eigenvalue weighted by atomic mass is 10.00. The van der Waals surface area contributed by atoms with Gasteiger partial charge in [-0.25, -0.2) is 8.42 Å². The van der Waals surface area contributed by atoms with Gasteiger partial charge in [-0.2, -0.15) is 0 Å². The number of sulfone groups is 1. The van der Waals surface area contributed by atoms with Gasteiger partial charge < -0.3 is 10.6 Å². The maximum Gasteiger partial charge on any atom is 0.235 e. The lowest BCUT2D eigenvalue weighted by molar-refractivity contribution is -0.119. The molecule has 1 heterocycles. The van der Waals surface area contributed by atoms with Gasteiger partial charge in [-0.1, -0.05) is 6.92 Å². The predicted molar refractivity (Wildman–Crippen MR) is 63.0 cm³/mol. The van der Waals surface area contributed by atoms with E-state index in [1.807, 2.05) is 6.92 Å². The van der Waals surface area contributed by atoms with E-state index in [-0.39, 0.29) is 23.7 Å². The Labute approximate surface area is 96.9 Å². The van der Waals surface area contributed by atoms with Gasteiger partial charge >= 0.3 is 0 Å². The molecule has 1 amide bonds. The standard InChI is InChI=1S/C10H20N2O3S/c1-3-16(14,15)7-10(13)12-9-5-4-6-11-8(9)2/h8-9,11H,3-7H2,1-2H3,(H,12,13). The Kier molecular flexibility index (Phi) is 4.73. The molecule has 1 fully saturated rings. The van der Waals surface area contributed by atoms with Crippen LogP contribution in [0.25, 0.3) is 0 Å². The molecule has 0 radical (unpaired) electrons. The zero-order valence-electron chi connectivity index (χ0n) is 9.82. The summed E-state index contributed by atoms with van der Waals surface area (Å²) in [6.45, 7) is 4.51. The summed E-state index contributed by atoms with van der Waals surface area (Å²) < 4.78 is 22.5. The second kappa shape index (κ2) is 5.63. The number of nitrogens with one attached hydrogen (secondary N) is 2. The summed E-state index contributed by atoms with van der Waals surface area (Å²) in [5.74, 6) is -0.770. The Balaban J connectivity index is 2.45. The van der Waals surface area contributed by atoms with Crippen LogP contribution in [-0.4, -0.2) is 44.5 Å². The first kappa shape index (κ1) is 13.4. The van der Waals surface area contributed by atoms with E-state index in [1.54, 1.807) is 6.92 Å². The predicted octanol–water partition coefficient (Wildman–Crippen LogP) is -0.322. The van der Waals surface area contributed by atoms with Crippen LogP contribution in [0.2, 0.25) is 0 Å². The number of hydrogen-bond acceptors (Lipinski definition) is 4. The van der Waals surface area contributed by atoms with Gasteiger partial charge in [-0.15, -0.1) is 0 Å². The molecule has 1 aliphatic heterocycles. The van der Waals surface area contributed by atoms with Crippen molar-refractivity contribution in [3.05, 3.63) is 0 Å². The minimum Gasteiger partial charge on any atom is -0.351 e. The van der Waals surface area contributed by atoms with Crippen molar-refractivity contribution in [2.45, 2.75) is 38.8 Å². The van der Waals surface area contributed by atoms with Crippen LogP contribution < -0.4 is 10.6 Å². The largest absolute Gasteiger partial charge is 0.351 e. The minimum absolute atomic E-state index is 0.0128. The summed E-state index contributed by atoms with van der Waals surface area (Å²) in [7, 11) is -3.22. The summed E-state index contributed by atoms with van der Waals surface area (Å²) >= 11 is 0. The fourth-order valence-corrected chi connectivity index (χ4v) is 2.48. The Hall–Kier alpha value is -0.620. The molecule has 0 aromatic rings. The molecular weight excluding hydrogens is 228 g/mol. The van der Waals surface area contributed by atoms with Gasteiger partial charge in [0.25, 0.3) is 0 Å². The quantitative estimate of drug-likeness (QED) is 0.715. The molecule has 2 N–H and O–H groups in total. The molecule has 6 heteroatoms. The molecule has 2 unspecified atom stereocenters. The van der Waals surface area contributed by atoms with E-state index in [1.165, 1.54) is 0 Å². The van der Waals surface area contributed by atoms with Crippen molar-refractivity contribution >= 4 is 15.7 Å². The third-order valence-corrected chi connectivity index (χ3v) is 4.48. The molecule has 2 atom stereocenters. The van der Waals surface area contributed by atoms with Crippen LogP contribution in [0, 0.1) is 0 Å². The van der Waals surface area contributed by atoms with Gasteiger partial charge in [0.05, 0.1) is 0 Å². The van der Waals surface area contributed by atoms with E-state index in [0.717, 1.165) is 19.4 Å². The third kappa shape index (κ3) is 4.09. The van der Waals surface area contributed by atoms with Crippen molar-refractivity contribution in [1.82, 2.24) is 10.6 Å². The molecule has 0 saturated carbocycles. The first-order valence-corrected chi connectivity index (χ1v) is 7.50. The number of amides is 1. The zero-order chi connectivity index (χ0) is 12.2. The number of piperidine rings is 1. The van der Waals surface area contributed by atoms with Crippen LogP contribution in [0.5, 0.6) is 0 Å². The molecular formula is C10H20N2O3S. The van der Waals surface area contributed by atoms with Crippen molar-refractivity contribution in [2.75, 3.05) is 18.1 Å². The van der Waals surface area contributed by atoms with Gasteiger partial charge in [0, 0.05) is 17.8 Å². The van der Waals surface area contributed by atoms with E-state index in [4.69, 9.17) is 0 Å². The molecule has 0 aromatic carbocycles. The van der Waals surface area contributed by atoms with E-state index in [9.17, 15) is 13.2 Å². The SMILES string of the molecule is CCS(=O)(=O)CC(=O)NC1CCCNC1C. The molecule has 1 saturated heterocycles. The fraction of sp³-hybridized carbons (Fsp3) is 0.900. The Bertz CT molecular complexity index is 340. The first-order valence-electron chi connectivity index (χ1n) is 5.68. The highest BCUT2D eigenvalue weighted by Crippen LogP contribution is 2.08. The van der Waals surface area contributed by atoms with Crippen LogP contribution in [0.3, 0.4) is 0 Å². The van der Waals surface area contributed by atoms with Crippen LogP contribution >= 0.6 is 0 Å². The highest BCUT2D eigenvalue weighted by atomic mass is 32.2. The van der Waals surface area contributed by atoms with Crippen LogP contribution in [0.15, 0.2) is 0 Å². The summed E-state index contributed by atoms with van der Waals surface area (Å²) in [6.07, 6.45) is 1.92. The summed E-state index contributed by atoms with van der Waals surface area (Å²) in [5, 5.41) is 6.03. The number of carbonyl (C=O) groups is 1. The van der Waals surface area contributed by atoms with Crippen LogP contribution in [0.1, 0.15) is 26.7 Å². The highest BCUT2D eigenvalue weighted by Gasteiger charge is 2.24. The van der Waals surface area contributed by atoms with E-state index in [2.05, 4.69) is 10.6 Å². The van der Waals surface area contributed by atoms with Gasteiger partial charge in [-0.05, 0) is 26.3 Å². The topological polar surface area (TPSA) is 75.3 Å². The maximum absolute atomic E-state index is 11.5. The second-order valence-corrected chi connectivity index (χ2v) is 6.59. The maximum atomic E-state index is 11.5. The Morgan fingerprint density at radius 1 is 1.50 bits per heavy atom. The van der Waals surface area contributed by atoms with Crippen LogP contribution in [0.4, 0.5) is 0 Å². The molecule has 5 nitrogen and oxygen atoms in total. The number of carbonyl (C=O) groups excluding carboxylic acids is 1. The number of hydrogen-bond donors (Lipinski definition) is 2. The lowest BCUT2D eigenvalue weighted by Crippen LogP contribution is -2.52. The number of rotatable bonds is 4. The third-order valence-electron chi connectivity index (χ3n) is 2.90. The van der Waals surface area contributed by atoms with Crippen molar-refractivity contribution in [3.63, 3.8) is 0 Å². The molecule has 94 valence electrons. The smallest absolute Gasteiger partial charge is 0.235 e. The normalized spacial score (nSPS) is 26.4. The first-order chi connectivity index (χ1) is 7.44. The van der Waals surface area contributed by atoms with E-state index in [0.29, 0.717) is 0 Å². The average Bonchev–Trinajstić information content (AvgIpc) is 2.21. The monoisotopic (exact) mass is 248 g/mol. The minimum atomic E-state index is -3.22. The van der Waals surface area contributed by atoms with Gasteiger partial charge in [-0.3, -0.25) is 4.79 Å². The van der Waals surface area contributed by atoms with Gasteiger partial charge in [0.15, 0.2) is 9.84 Å². The fourth-order valence-electron chi connectivity index (χ4n) is 1.79. The molecule has 0 aromatic heterocycles. The zero-order valence-corrected chi connectivity index (χ0v) is 10.6.